The lowest BCUT2D eigenvalue weighted by Gasteiger charge is -2.59. The fourth-order valence-corrected chi connectivity index (χ4v) is 5.61. The molecule has 5 rings (SSSR count). The predicted octanol–water partition coefficient (Wildman–Crippen LogP) is 3.50. The third-order valence-electron chi connectivity index (χ3n) is 7.35. The largest absolute Gasteiger partial charge is 0.435 e. The molecule has 5 aliphatic rings. The predicted molar refractivity (Wildman–Crippen MR) is 97.5 cm³/mol. The molecule has 8 atom stereocenters. The lowest BCUT2D eigenvalue weighted by molar-refractivity contribution is -0.576. The van der Waals surface area contributed by atoms with Crippen LogP contribution in [0.15, 0.2) is 0 Å². The Kier molecular flexibility index (Phi) is 5.31. The van der Waals surface area contributed by atoms with Gasteiger partial charge in [0.25, 0.3) is 0 Å². The molecular weight excluding hydrogens is 364 g/mol. The van der Waals surface area contributed by atoms with Crippen LogP contribution in [-0.4, -0.2) is 35.7 Å². The van der Waals surface area contributed by atoms with Gasteiger partial charge in [-0.2, -0.15) is 0 Å². The highest BCUT2D eigenvalue weighted by molar-refractivity contribution is 5.82. The number of hydrogen-bond acceptors (Lipinski definition) is 7. The second-order valence-corrected chi connectivity index (χ2v) is 9.16. The van der Waals surface area contributed by atoms with Gasteiger partial charge in [-0.15, -0.1) is 0 Å². The fraction of sp³-hybridized carbons (Fsp3) is 0.905. The maximum Gasteiger partial charge on any atom is 0.308 e. The number of hydrogen-bond donors (Lipinski definition) is 0. The van der Waals surface area contributed by atoms with Crippen molar-refractivity contribution < 1.29 is 33.6 Å². The van der Waals surface area contributed by atoms with E-state index in [2.05, 4.69) is 6.92 Å². The van der Waals surface area contributed by atoms with E-state index in [1.165, 1.54) is 0 Å². The van der Waals surface area contributed by atoms with Crippen molar-refractivity contribution in [3.8, 4) is 0 Å². The van der Waals surface area contributed by atoms with Gasteiger partial charge >= 0.3 is 5.97 Å². The van der Waals surface area contributed by atoms with Gasteiger partial charge in [0.1, 0.15) is 5.78 Å². The van der Waals surface area contributed by atoms with Crippen molar-refractivity contribution in [1.82, 2.24) is 0 Å². The highest BCUT2D eigenvalue weighted by Gasteiger charge is 2.69. The Morgan fingerprint density at radius 3 is 2.61 bits per heavy atom. The molecule has 1 spiro atoms. The Morgan fingerprint density at radius 1 is 1.07 bits per heavy atom. The number of ketones is 1. The zero-order valence-electron chi connectivity index (χ0n) is 17.3. The van der Waals surface area contributed by atoms with Crippen molar-refractivity contribution in [2.75, 3.05) is 0 Å². The molecule has 0 radical (unpaired) electrons. The topological polar surface area (TPSA) is 80.3 Å². The van der Waals surface area contributed by atoms with Gasteiger partial charge in [0.05, 0.1) is 6.42 Å². The first-order valence-electron chi connectivity index (χ1n) is 10.7. The van der Waals surface area contributed by atoms with Gasteiger partial charge in [0.2, 0.25) is 12.1 Å². The second kappa shape index (κ2) is 7.35. The Labute approximate surface area is 166 Å². The molecule has 0 aromatic heterocycles. The summed E-state index contributed by atoms with van der Waals surface area (Å²) in [7, 11) is 0. The fourth-order valence-electron chi connectivity index (χ4n) is 5.61. The number of carbonyl (C=O) groups is 2. The molecule has 0 aromatic rings. The summed E-state index contributed by atoms with van der Waals surface area (Å²) in [6, 6.07) is 0. The van der Waals surface area contributed by atoms with Gasteiger partial charge < -0.3 is 14.2 Å². The number of carbonyl (C=O) groups excluding carboxylic acids is 2. The summed E-state index contributed by atoms with van der Waals surface area (Å²) in [5.74, 6) is -0.363. The van der Waals surface area contributed by atoms with Crippen LogP contribution in [0.2, 0.25) is 0 Å². The molecule has 0 amide bonds. The quantitative estimate of drug-likeness (QED) is 0.520. The van der Waals surface area contributed by atoms with Crippen LogP contribution in [-0.2, 0) is 33.6 Å². The minimum Gasteiger partial charge on any atom is -0.435 e. The first-order chi connectivity index (χ1) is 13.3. The normalized spacial score (nSPS) is 47.1. The molecule has 0 N–H and O–H groups in total. The zero-order valence-corrected chi connectivity index (χ0v) is 17.3. The molecule has 5 fully saturated rings. The Hall–Kier alpha value is -1.02. The Morgan fingerprint density at radius 2 is 1.86 bits per heavy atom. The van der Waals surface area contributed by atoms with E-state index in [4.69, 9.17) is 24.0 Å². The van der Waals surface area contributed by atoms with Crippen molar-refractivity contribution in [2.24, 2.45) is 23.7 Å². The third kappa shape index (κ3) is 3.20. The maximum absolute atomic E-state index is 12.3. The highest BCUT2D eigenvalue weighted by atomic mass is 17.3. The average Bonchev–Trinajstić information content (AvgIpc) is 2.90. The van der Waals surface area contributed by atoms with Crippen molar-refractivity contribution in [2.45, 2.75) is 96.6 Å². The number of esters is 1. The molecular formula is C21H32O7. The molecule has 0 aromatic carbocycles. The van der Waals surface area contributed by atoms with Crippen LogP contribution in [0, 0.1) is 23.7 Å². The first-order valence-corrected chi connectivity index (χ1v) is 10.7. The van der Waals surface area contributed by atoms with Crippen molar-refractivity contribution in [3.05, 3.63) is 0 Å². The van der Waals surface area contributed by atoms with Crippen LogP contribution in [0.1, 0.15) is 72.6 Å². The van der Waals surface area contributed by atoms with Gasteiger partial charge in [0, 0.05) is 31.1 Å². The van der Waals surface area contributed by atoms with Gasteiger partial charge in [-0.3, -0.25) is 9.59 Å². The summed E-state index contributed by atoms with van der Waals surface area (Å²) in [6.45, 7) is 7.97. The highest BCUT2D eigenvalue weighted by Crippen LogP contribution is 2.60. The summed E-state index contributed by atoms with van der Waals surface area (Å²) in [5.41, 5.74) is -0.659. The summed E-state index contributed by atoms with van der Waals surface area (Å²) >= 11 is 0. The SMILES string of the molecule is CCC(=O)CCC(=O)O[C@@H]1O[C@@H]2O[C@]3(C)CC[C@H]4[C@H](C)CC[C@@H]([C@H]1C)[C@@]24OO3. The summed E-state index contributed by atoms with van der Waals surface area (Å²) in [5, 5.41) is 0. The van der Waals surface area contributed by atoms with Crippen LogP contribution in [0.25, 0.3) is 0 Å². The van der Waals surface area contributed by atoms with Crippen LogP contribution in [0.3, 0.4) is 0 Å². The van der Waals surface area contributed by atoms with Crippen LogP contribution < -0.4 is 0 Å². The molecule has 2 bridgehead atoms. The Bertz CT molecular complexity index is 636. The maximum atomic E-state index is 12.3. The standard InChI is InChI=1S/C21H32O7/c1-5-14(22)7-9-17(23)24-18-13(3)16-8-6-12(2)15-10-11-20(4)26-19(25-18)21(15,16)28-27-20/h12-13,15-16,18-19H,5-11H2,1-4H3/t12-,13-,15+,16+,18-,19-,20+,21-/m1/s1. The lowest BCUT2D eigenvalue weighted by atomic mass is 9.58. The molecule has 7 heteroatoms. The second-order valence-electron chi connectivity index (χ2n) is 9.16. The smallest absolute Gasteiger partial charge is 0.308 e. The molecule has 7 nitrogen and oxygen atoms in total. The van der Waals surface area contributed by atoms with Gasteiger partial charge in [-0.1, -0.05) is 20.8 Å². The summed E-state index contributed by atoms with van der Waals surface area (Å²) < 4.78 is 18.1. The minimum absolute atomic E-state index is 0.0493. The van der Waals surface area contributed by atoms with E-state index < -0.39 is 29.9 Å². The van der Waals surface area contributed by atoms with E-state index in [1.54, 1.807) is 6.92 Å². The van der Waals surface area contributed by atoms with Gasteiger partial charge in [-0.05, 0) is 38.0 Å². The van der Waals surface area contributed by atoms with Gasteiger partial charge in [-0.25, -0.2) is 9.78 Å². The van der Waals surface area contributed by atoms with E-state index in [0.29, 0.717) is 12.3 Å². The molecule has 1 saturated carbocycles. The lowest BCUT2D eigenvalue weighted by Crippen LogP contribution is -2.70. The van der Waals surface area contributed by atoms with Crippen LogP contribution >= 0.6 is 0 Å². The van der Waals surface area contributed by atoms with E-state index in [-0.39, 0.29) is 36.4 Å². The molecule has 4 heterocycles. The first kappa shape index (κ1) is 20.3. The molecule has 1 aliphatic carbocycles. The third-order valence-corrected chi connectivity index (χ3v) is 7.35. The summed E-state index contributed by atoms with van der Waals surface area (Å²) in [6.07, 6.45) is 3.14. The van der Waals surface area contributed by atoms with Crippen molar-refractivity contribution >= 4 is 11.8 Å². The summed E-state index contributed by atoms with van der Waals surface area (Å²) in [4.78, 5) is 35.6. The minimum atomic E-state index is -0.847. The van der Waals surface area contributed by atoms with Crippen molar-refractivity contribution in [1.29, 1.82) is 0 Å². The van der Waals surface area contributed by atoms with E-state index >= 15 is 0 Å². The number of Topliss-reactive ketones (excluding diaryl/α,β-unsaturated/α-hetero) is 1. The van der Waals surface area contributed by atoms with Gasteiger partial charge in [0.15, 0.2) is 11.9 Å². The van der Waals surface area contributed by atoms with Crippen LogP contribution in [0.5, 0.6) is 0 Å². The molecule has 4 aliphatic heterocycles. The van der Waals surface area contributed by atoms with Crippen molar-refractivity contribution in [3.63, 3.8) is 0 Å². The monoisotopic (exact) mass is 396 g/mol. The molecule has 28 heavy (non-hydrogen) atoms. The Balaban J connectivity index is 1.54. The average molecular weight is 396 g/mol. The number of fused-ring (bicyclic) bond motifs is 2. The van der Waals surface area contributed by atoms with E-state index in [0.717, 1.165) is 25.7 Å². The molecule has 4 saturated heterocycles. The van der Waals surface area contributed by atoms with Crippen LogP contribution in [0.4, 0.5) is 0 Å². The molecule has 0 unspecified atom stereocenters. The molecule has 158 valence electrons. The number of rotatable bonds is 5. The van der Waals surface area contributed by atoms with E-state index in [9.17, 15) is 9.59 Å². The number of ether oxygens (including phenoxy) is 3. The van der Waals surface area contributed by atoms with E-state index in [1.807, 2.05) is 13.8 Å². The zero-order chi connectivity index (χ0) is 20.1.